The van der Waals surface area contributed by atoms with Gasteiger partial charge in [-0.15, -0.1) is 11.8 Å². The van der Waals surface area contributed by atoms with Crippen molar-refractivity contribution in [2.24, 2.45) is 5.92 Å². The van der Waals surface area contributed by atoms with Crippen molar-refractivity contribution in [2.75, 3.05) is 12.8 Å². The van der Waals surface area contributed by atoms with Gasteiger partial charge in [-0.05, 0) is 42.8 Å². The van der Waals surface area contributed by atoms with Gasteiger partial charge in [0.2, 0.25) is 0 Å². The molecule has 0 saturated heterocycles. The zero-order valence-electron chi connectivity index (χ0n) is 12.2. The van der Waals surface area contributed by atoms with Gasteiger partial charge >= 0.3 is 0 Å². The highest BCUT2D eigenvalue weighted by atomic mass is 32.2. The largest absolute Gasteiger partial charge is 0.310 e. The van der Waals surface area contributed by atoms with Crippen molar-refractivity contribution >= 4 is 11.8 Å². The first-order valence-corrected chi connectivity index (χ1v) is 8.36. The van der Waals surface area contributed by atoms with Crippen LogP contribution in [0.3, 0.4) is 0 Å². The van der Waals surface area contributed by atoms with E-state index < -0.39 is 0 Å². The molecule has 0 aliphatic carbocycles. The first-order valence-electron chi connectivity index (χ1n) is 7.14. The normalized spacial score (nSPS) is 12.9. The molecule has 1 aromatic carbocycles. The van der Waals surface area contributed by atoms with Crippen LogP contribution >= 0.6 is 11.8 Å². The van der Waals surface area contributed by atoms with Gasteiger partial charge in [0.1, 0.15) is 0 Å². The third kappa shape index (κ3) is 4.33. The Morgan fingerprint density at radius 3 is 2.11 bits per heavy atom. The second-order valence-electron chi connectivity index (χ2n) is 4.78. The Bertz CT molecular complexity index is 316. The summed E-state index contributed by atoms with van der Waals surface area (Å²) in [5.74, 6) is 0.733. The van der Waals surface area contributed by atoms with Gasteiger partial charge in [0.15, 0.2) is 0 Å². The Morgan fingerprint density at radius 2 is 1.67 bits per heavy atom. The van der Waals surface area contributed by atoms with Gasteiger partial charge in [-0.1, -0.05) is 45.7 Å². The summed E-state index contributed by atoms with van der Waals surface area (Å²) < 4.78 is 0. The van der Waals surface area contributed by atoms with Crippen LogP contribution in [0.1, 0.15) is 51.6 Å². The van der Waals surface area contributed by atoms with E-state index in [0.717, 1.165) is 12.5 Å². The smallest absolute Gasteiger partial charge is 0.0348 e. The lowest BCUT2D eigenvalue weighted by molar-refractivity contribution is 0.341. The molecule has 1 N–H and O–H groups in total. The number of hydrogen-bond donors (Lipinski definition) is 1. The molecular weight excluding hydrogens is 238 g/mol. The van der Waals surface area contributed by atoms with Crippen LogP contribution in [0.25, 0.3) is 0 Å². The Balaban J connectivity index is 2.85. The number of thioether (sulfide) groups is 1. The minimum Gasteiger partial charge on any atom is -0.310 e. The molecule has 1 atom stereocenters. The molecule has 0 radical (unpaired) electrons. The van der Waals surface area contributed by atoms with Crippen LogP contribution < -0.4 is 5.32 Å². The zero-order valence-corrected chi connectivity index (χ0v) is 13.0. The number of benzene rings is 1. The lowest BCUT2D eigenvalue weighted by Gasteiger charge is -2.27. The second kappa shape index (κ2) is 8.60. The highest BCUT2D eigenvalue weighted by molar-refractivity contribution is 7.98. The third-order valence-corrected chi connectivity index (χ3v) is 4.35. The Morgan fingerprint density at radius 1 is 1.06 bits per heavy atom. The fraction of sp³-hybridized carbons (Fsp3) is 0.625. The average Bonchev–Trinajstić information content (AvgIpc) is 2.43. The molecule has 18 heavy (non-hydrogen) atoms. The molecule has 1 unspecified atom stereocenters. The summed E-state index contributed by atoms with van der Waals surface area (Å²) >= 11 is 1.81. The quantitative estimate of drug-likeness (QED) is 0.672. The SMILES string of the molecule is CCCNC(c1ccc(SC)cc1)C(CC)CC. The van der Waals surface area contributed by atoms with E-state index in [1.165, 1.54) is 29.7 Å². The Kier molecular flexibility index (Phi) is 7.45. The lowest BCUT2D eigenvalue weighted by atomic mass is 9.89. The molecule has 0 aliphatic rings. The summed E-state index contributed by atoms with van der Waals surface area (Å²) in [5.41, 5.74) is 1.44. The molecule has 0 heterocycles. The minimum absolute atomic E-state index is 0.510. The topological polar surface area (TPSA) is 12.0 Å². The van der Waals surface area contributed by atoms with E-state index in [4.69, 9.17) is 0 Å². The van der Waals surface area contributed by atoms with E-state index >= 15 is 0 Å². The van der Waals surface area contributed by atoms with Gasteiger partial charge in [0, 0.05) is 10.9 Å². The summed E-state index contributed by atoms with van der Waals surface area (Å²) in [4.78, 5) is 1.34. The van der Waals surface area contributed by atoms with Crippen molar-refractivity contribution in [3.63, 3.8) is 0 Å². The molecule has 1 aromatic rings. The fourth-order valence-electron chi connectivity index (χ4n) is 2.43. The first-order chi connectivity index (χ1) is 8.76. The minimum atomic E-state index is 0.510. The average molecular weight is 265 g/mol. The molecule has 0 spiro atoms. The molecule has 0 fully saturated rings. The van der Waals surface area contributed by atoms with Crippen LogP contribution in [0.15, 0.2) is 29.2 Å². The van der Waals surface area contributed by atoms with E-state index in [2.05, 4.69) is 56.6 Å². The monoisotopic (exact) mass is 265 g/mol. The molecule has 0 aromatic heterocycles. The molecule has 102 valence electrons. The summed E-state index contributed by atoms with van der Waals surface area (Å²) in [6.07, 6.45) is 5.80. The van der Waals surface area contributed by atoms with Gasteiger partial charge in [0.05, 0.1) is 0 Å². The van der Waals surface area contributed by atoms with Crippen molar-refractivity contribution in [3.05, 3.63) is 29.8 Å². The predicted molar refractivity (Wildman–Crippen MR) is 83.3 cm³/mol. The number of nitrogens with one attached hydrogen (secondary N) is 1. The molecule has 2 heteroatoms. The maximum Gasteiger partial charge on any atom is 0.0348 e. The van der Waals surface area contributed by atoms with Crippen LogP contribution in [0, 0.1) is 5.92 Å². The van der Waals surface area contributed by atoms with Crippen LogP contribution in [-0.2, 0) is 0 Å². The zero-order chi connectivity index (χ0) is 13.4. The van der Waals surface area contributed by atoms with Gasteiger partial charge in [-0.3, -0.25) is 0 Å². The fourth-order valence-corrected chi connectivity index (χ4v) is 2.84. The third-order valence-electron chi connectivity index (χ3n) is 3.61. The molecule has 0 amide bonds. The standard InChI is InChI=1S/C16H27NS/c1-5-12-17-16(13(6-2)7-3)14-8-10-15(18-4)11-9-14/h8-11,13,16-17H,5-7,12H2,1-4H3. The van der Waals surface area contributed by atoms with Crippen molar-refractivity contribution in [1.82, 2.24) is 5.32 Å². The van der Waals surface area contributed by atoms with Gasteiger partial charge in [-0.25, -0.2) is 0 Å². The van der Waals surface area contributed by atoms with Gasteiger partial charge in [-0.2, -0.15) is 0 Å². The number of rotatable bonds is 8. The van der Waals surface area contributed by atoms with Crippen molar-refractivity contribution in [1.29, 1.82) is 0 Å². The Labute approximate surface area is 117 Å². The summed E-state index contributed by atoms with van der Waals surface area (Å²) in [6, 6.07) is 9.57. The van der Waals surface area contributed by atoms with Crippen molar-refractivity contribution in [2.45, 2.75) is 51.0 Å². The molecule has 0 bridgehead atoms. The van der Waals surface area contributed by atoms with Crippen molar-refractivity contribution in [3.8, 4) is 0 Å². The van der Waals surface area contributed by atoms with Crippen LogP contribution in [0.4, 0.5) is 0 Å². The van der Waals surface area contributed by atoms with Crippen molar-refractivity contribution < 1.29 is 0 Å². The van der Waals surface area contributed by atoms with E-state index in [1.807, 2.05) is 0 Å². The first kappa shape index (κ1) is 15.6. The number of hydrogen-bond acceptors (Lipinski definition) is 2. The predicted octanol–water partition coefficient (Wildman–Crippen LogP) is 4.89. The highest BCUT2D eigenvalue weighted by Crippen LogP contribution is 2.28. The summed E-state index contributed by atoms with van der Waals surface area (Å²) in [7, 11) is 0. The Hall–Kier alpha value is -0.470. The molecular formula is C16H27NS. The van der Waals surface area contributed by atoms with E-state index in [0.29, 0.717) is 6.04 Å². The maximum absolute atomic E-state index is 3.72. The summed E-state index contributed by atoms with van der Waals surface area (Å²) in [5, 5.41) is 3.72. The summed E-state index contributed by atoms with van der Waals surface area (Å²) in [6.45, 7) is 7.93. The van der Waals surface area contributed by atoms with E-state index in [1.54, 1.807) is 11.8 Å². The lowest BCUT2D eigenvalue weighted by Crippen LogP contribution is -2.28. The molecule has 0 aliphatic heterocycles. The molecule has 0 saturated carbocycles. The van der Waals surface area contributed by atoms with E-state index in [9.17, 15) is 0 Å². The van der Waals surface area contributed by atoms with Crippen LogP contribution in [-0.4, -0.2) is 12.8 Å². The second-order valence-corrected chi connectivity index (χ2v) is 5.66. The van der Waals surface area contributed by atoms with Crippen LogP contribution in [0.2, 0.25) is 0 Å². The van der Waals surface area contributed by atoms with Gasteiger partial charge < -0.3 is 5.32 Å². The maximum atomic E-state index is 3.72. The highest BCUT2D eigenvalue weighted by Gasteiger charge is 2.19. The molecule has 1 rings (SSSR count). The van der Waals surface area contributed by atoms with E-state index in [-0.39, 0.29) is 0 Å². The molecule has 1 nitrogen and oxygen atoms in total. The van der Waals surface area contributed by atoms with Gasteiger partial charge in [0.25, 0.3) is 0 Å². The van der Waals surface area contributed by atoms with Crippen LogP contribution in [0.5, 0.6) is 0 Å².